The molecule has 0 aliphatic heterocycles. The topological polar surface area (TPSA) is 49.3 Å². The SMILES string of the molecule is O=C(NCC1(CCl)CCCCC1)c1ccc(O)c(Cl)c1. The average Bonchev–Trinajstić information content (AvgIpc) is 2.48. The van der Waals surface area contributed by atoms with Crippen LogP contribution in [0.2, 0.25) is 5.02 Å². The summed E-state index contributed by atoms with van der Waals surface area (Å²) in [5.74, 6) is 0.374. The van der Waals surface area contributed by atoms with E-state index in [4.69, 9.17) is 23.2 Å². The molecule has 0 unspecified atom stereocenters. The molecule has 110 valence electrons. The third-order valence-electron chi connectivity index (χ3n) is 4.03. The maximum Gasteiger partial charge on any atom is 0.251 e. The summed E-state index contributed by atoms with van der Waals surface area (Å²) in [6, 6.07) is 4.46. The van der Waals surface area contributed by atoms with Gasteiger partial charge < -0.3 is 10.4 Å². The van der Waals surface area contributed by atoms with Crippen molar-refractivity contribution in [1.29, 1.82) is 0 Å². The van der Waals surface area contributed by atoms with E-state index in [-0.39, 0.29) is 22.1 Å². The summed E-state index contributed by atoms with van der Waals surface area (Å²) in [7, 11) is 0. The van der Waals surface area contributed by atoms with E-state index < -0.39 is 0 Å². The van der Waals surface area contributed by atoms with Crippen LogP contribution in [0.3, 0.4) is 0 Å². The van der Waals surface area contributed by atoms with Crippen molar-refractivity contribution in [3.8, 4) is 5.75 Å². The van der Waals surface area contributed by atoms with E-state index in [9.17, 15) is 9.90 Å². The van der Waals surface area contributed by atoms with Crippen LogP contribution in [0, 0.1) is 5.41 Å². The average molecular weight is 316 g/mol. The second kappa shape index (κ2) is 6.68. The monoisotopic (exact) mass is 315 g/mol. The number of carbonyl (C=O) groups excluding carboxylic acids is 1. The van der Waals surface area contributed by atoms with Crippen molar-refractivity contribution in [3.63, 3.8) is 0 Å². The van der Waals surface area contributed by atoms with Gasteiger partial charge in [0.2, 0.25) is 0 Å². The number of nitrogens with one attached hydrogen (secondary N) is 1. The lowest BCUT2D eigenvalue weighted by Crippen LogP contribution is -2.40. The number of hydrogen-bond acceptors (Lipinski definition) is 2. The number of halogens is 2. The molecule has 5 heteroatoms. The predicted molar refractivity (Wildman–Crippen MR) is 81.7 cm³/mol. The molecule has 1 aromatic carbocycles. The third kappa shape index (κ3) is 3.58. The molecule has 0 bridgehead atoms. The van der Waals surface area contributed by atoms with E-state index in [1.165, 1.54) is 31.4 Å². The Labute approximate surface area is 129 Å². The molecule has 1 aliphatic rings. The van der Waals surface area contributed by atoms with Crippen molar-refractivity contribution in [2.24, 2.45) is 5.41 Å². The molecule has 1 saturated carbocycles. The van der Waals surface area contributed by atoms with Crippen LogP contribution in [0.15, 0.2) is 18.2 Å². The summed E-state index contributed by atoms with van der Waals surface area (Å²) in [5.41, 5.74) is 0.476. The van der Waals surface area contributed by atoms with Crippen LogP contribution in [0.25, 0.3) is 0 Å². The summed E-state index contributed by atoms with van der Waals surface area (Å²) in [6.45, 7) is 0.591. The summed E-state index contributed by atoms with van der Waals surface area (Å²) in [5, 5.41) is 12.5. The molecule has 2 N–H and O–H groups in total. The van der Waals surface area contributed by atoms with Gasteiger partial charge in [0.05, 0.1) is 5.02 Å². The number of phenolic OH excluding ortho intramolecular Hbond substituents is 1. The molecule has 3 nitrogen and oxygen atoms in total. The predicted octanol–water partition coefficient (Wildman–Crippen LogP) is 3.96. The number of amides is 1. The number of aromatic hydroxyl groups is 1. The fraction of sp³-hybridized carbons (Fsp3) is 0.533. The Morgan fingerprint density at radius 2 is 2.00 bits per heavy atom. The van der Waals surface area contributed by atoms with E-state index in [0.717, 1.165) is 12.8 Å². The molecule has 0 heterocycles. The lowest BCUT2D eigenvalue weighted by molar-refractivity contribution is 0.0921. The Kier molecular flexibility index (Phi) is 5.17. The van der Waals surface area contributed by atoms with Crippen molar-refractivity contribution >= 4 is 29.1 Å². The molecule has 0 atom stereocenters. The molecule has 1 fully saturated rings. The molecule has 1 aliphatic carbocycles. The smallest absolute Gasteiger partial charge is 0.251 e. The molecule has 2 rings (SSSR count). The van der Waals surface area contributed by atoms with Crippen molar-refractivity contribution in [2.45, 2.75) is 32.1 Å². The highest BCUT2D eigenvalue weighted by molar-refractivity contribution is 6.32. The second-order valence-electron chi connectivity index (χ2n) is 5.54. The molecule has 1 aromatic rings. The van der Waals surface area contributed by atoms with Gasteiger partial charge in [0.1, 0.15) is 5.75 Å². The number of alkyl halides is 1. The van der Waals surface area contributed by atoms with Crippen LogP contribution in [-0.4, -0.2) is 23.4 Å². The van der Waals surface area contributed by atoms with Gasteiger partial charge in [-0.15, -0.1) is 11.6 Å². The highest BCUT2D eigenvalue weighted by Gasteiger charge is 2.31. The van der Waals surface area contributed by atoms with Crippen LogP contribution < -0.4 is 5.32 Å². The van der Waals surface area contributed by atoms with E-state index in [0.29, 0.717) is 18.0 Å². The van der Waals surface area contributed by atoms with E-state index in [2.05, 4.69) is 5.32 Å². The Balaban J connectivity index is 1.98. The van der Waals surface area contributed by atoms with Crippen LogP contribution in [0.1, 0.15) is 42.5 Å². The van der Waals surface area contributed by atoms with Crippen molar-refractivity contribution in [2.75, 3.05) is 12.4 Å². The van der Waals surface area contributed by atoms with E-state index >= 15 is 0 Å². The number of carbonyl (C=O) groups is 1. The lowest BCUT2D eigenvalue weighted by atomic mass is 9.75. The summed E-state index contributed by atoms with van der Waals surface area (Å²) in [6.07, 6.45) is 5.72. The maximum absolute atomic E-state index is 12.1. The standard InChI is InChI=1S/C15H19Cl2NO2/c16-9-15(6-2-1-3-7-15)10-18-14(20)11-4-5-13(19)12(17)8-11/h4-5,8,19H,1-3,6-7,9-10H2,(H,18,20). The fourth-order valence-electron chi connectivity index (χ4n) is 2.68. The molecular formula is C15H19Cl2NO2. The van der Waals surface area contributed by atoms with Crippen LogP contribution in [0.5, 0.6) is 5.75 Å². The molecule has 0 saturated heterocycles. The quantitative estimate of drug-likeness (QED) is 0.826. The number of phenols is 1. The van der Waals surface area contributed by atoms with Crippen LogP contribution in [-0.2, 0) is 0 Å². The fourth-order valence-corrected chi connectivity index (χ4v) is 3.22. The van der Waals surface area contributed by atoms with Gasteiger partial charge in [-0.1, -0.05) is 30.9 Å². The minimum atomic E-state index is -0.179. The van der Waals surface area contributed by atoms with E-state index in [1.54, 1.807) is 6.07 Å². The molecule has 0 aromatic heterocycles. The van der Waals surface area contributed by atoms with E-state index in [1.807, 2.05) is 0 Å². The number of hydrogen-bond donors (Lipinski definition) is 2. The highest BCUT2D eigenvalue weighted by Crippen LogP contribution is 2.36. The first kappa shape index (κ1) is 15.5. The summed E-state index contributed by atoms with van der Waals surface area (Å²) >= 11 is 11.9. The largest absolute Gasteiger partial charge is 0.506 e. The molecule has 20 heavy (non-hydrogen) atoms. The van der Waals surface area contributed by atoms with Crippen molar-refractivity contribution < 1.29 is 9.90 Å². The summed E-state index contributed by atoms with van der Waals surface area (Å²) < 4.78 is 0. The normalized spacial score (nSPS) is 17.7. The zero-order chi connectivity index (χ0) is 14.6. The minimum absolute atomic E-state index is 0.0206. The van der Waals surface area contributed by atoms with Crippen LogP contribution >= 0.6 is 23.2 Å². The Morgan fingerprint density at radius 3 is 2.60 bits per heavy atom. The Morgan fingerprint density at radius 1 is 1.30 bits per heavy atom. The van der Waals surface area contributed by atoms with Crippen molar-refractivity contribution in [3.05, 3.63) is 28.8 Å². The van der Waals surface area contributed by atoms with Crippen LogP contribution in [0.4, 0.5) is 0 Å². The van der Waals surface area contributed by atoms with Gasteiger partial charge >= 0.3 is 0 Å². The van der Waals surface area contributed by atoms with Gasteiger partial charge in [-0.05, 0) is 31.0 Å². The van der Waals surface area contributed by atoms with Gasteiger partial charge in [0, 0.05) is 23.4 Å². The lowest BCUT2D eigenvalue weighted by Gasteiger charge is -2.35. The Hall–Kier alpha value is -0.930. The minimum Gasteiger partial charge on any atom is -0.506 e. The third-order valence-corrected chi connectivity index (χ3v) is 4.90. The zero-order valence-electron chi connectivity index (χ0n) is 11.3. The first-order valence-electron chi connectivity index (χ1n) is 6.89. The Bertz CT molecular complexity index is 485. The zero-order valence-corrected chi connectivity index (χ0v) is 12.8. The van der Waals surface area contributed by atoms with Gasteiger partial charge in [0.15, 0.2) is 0 Å². The number of rotatable bonds is 4. The van der Waals surface area contributed by atoms with Gasteiger partial charge in [-0.25, -0.2) is 0 Å². The maximum atomic E-state index is 12.1. The molecule has 1 amide bonds. The molecular weight excluding hydrogens is 297 g/mol. The number of benzene rings is 1. The van der Waals surface area contributed by atoms with Gasteiger partial charge in [-0.2, -0.15) is 0 Å². The second-order valence-corrected chi connectivity index (χ2v) is 6.22. The first-order valence-corrected chi connectivity index (χ1v) is 7.80. The van der Waals surface area contributed by atoms with Gasteiger partial charge in [0.25, 0.3) is 5.91 Å². The van der Waals surface area contributed by atoms with Gasteiger partial charge in [-0.3, -0.25) is 4.79 Å². The highest BCUT2D eigenvalue weighted by atomic mass is 35.5. The first-order chi connectivity index (χ1) is 9.56. The molecule has 0 spiro atoms. The molecule has 0 radical (unpaired) electrons. The van der Waals surface area contributed by atoms with Crippen molar-refractivity contribution in [1.82, 2.24) is 5.32 Å². The summed E-state index contributed by atoms with van der Waals surface area (Å²) in [4.78, 5) is 12.1.